The molecule has 0 unspecified atom stereocenters. The summed E-state index contributed by atoms with van der Waals surface area (Å²) < 4.78 is 22.0. The molecular weight excluding hydrogens is 455 g/mol. The molecule has 9 heteroatoms. The summed E-state index contributed by atoms with van der Waals surface area (Å²) in [6, 6.07) is 13.3. The van der Waals surface area contributed by atoms with Crippen molar-refractivity contribution in [3.63, 3.8) is 0 Å². The van der Waals surface area contributed by atoms with Crippen LogP contribution < -0.4 is 19.5 Å². The van der Waals surface area contributed by atoms with E-state index in [4.69, 9.17) is 41.8 Å². The van der Waals surface area contributed by atoms with Crippen molar-refractivity contribution in [2.75, 3.05) is 26.6 Å². The van der Waals surface area contributed by atoms with Gasteiger partial charge in [-0.1, -0.05) is 23.2 Å². The Kier molecular flexibility index (Phi) is 6.12. The van der Waals surface area contributed by atoms with Crippen molar-refractivity contribution >= 4 is 45.9 Å². The molecule has 0 saturated carbocycles. The van der Waals surface area contributed by atoms with Gasteiger partial charge in [-0.25, -0.2) is 4.98 Å². The molecule has 0 aliphatic carbocycles. The molecule has 0 atom stereocenters. The van der Waals surface area contributed by atoms with Crippen molar-refractivity contribution < 1.29 is 23.4 Å². The SMILES string of the molecule is COc1cc(-c2nc3cc(NC(=O)c4cc(Cl)ccc4Cl)ccc3o2)cc(OC)c1OC. The van der Waals surface area contributed by atoms with Crippen LogP contribution in [0.15, 0.2) is 52.9 Å². The second kappa shape index (κ2) is 8.98. The Hall–Kier alpha value is -3.42. The smallest absolute Gasteiger partial charge is 0.257 e. The summed E-state index contributed by atoms with van der Waals surface area (Å²) in [4.78, 5) is 17.2. The Bertz CT molecular complexity index is 1290. The fraction of sp³-hybridized carbons (Fsp3) is 0.130. The molecule has 0 saturated heterocycles. The van der Waals surface area contributed by atoms with Crippen LogP contribution in [0.2, 0.25) is 10.0 Å². The molecule has 0 aliphatic rings. The Labute approximate surface area is 193 Å². The van der Waals surface area contributed by atoms with Gasteiger partial charge in [0.25, 0.3) is 5.91 Å². The van der Waals surface area contributed by atoms with Gasteiger partial charge < -0.3 is 23.9 Å². The summed E-state index contributed by atoms with van der Waals surface area (Å²) in [5.41, 5.74) is 2.56. The van der Waals surface area contributed by atoms with Gasteiger partial charge in [-0.2, -0.15) is 0 Å². The first-order valence-electron chi connectivity index (χ1n) is 9.41. The fourth-order valence-corrected chi connectivity index (χ4v) is 3.58. The zero-order chi connectivity index (χ0) is 22.8. The first-order valence-corrected chi connectivity index (χ1v) is 10.2. The molecule has 4 aromatic rings. The molecule has 1 N–H and O–H groups in total. The van der Waals surface area contributed by atoms with Crippen LogP contribution in [0.4, 0.5) is 5.69 Å². The molecule has 0 radical (unpaired) electrons. The molecule has 4 rings (SSSR count). The number of anilines is 1. The summed E-state index contributed by atoms with van der Waals surface area (Å²) in [7, 11) is 4.61. The molecule has 0 aliphatic heterocycles. The molecule has 0 fully saturated rings. The van der Waals surface area contributed by atoms with E-state index in [9.17, 15) is 4.79 Å². The van der Waals surface area contributed by atoms with Crippen molar-refractivity contribution in [3.8, 4) is 28.7 Å². The second-order valence-electron chi connectivity index (χ2n) is 6.69. The molecule has 0 spiro atoms. The van der Waals surface area contributed by atoms with E-state index in [-0.39, 0.29) is 11.5 Å². The minimum absolute atomic E-state index is 0.275. The number of methoxy groups -OCH3 is 3. The van der Waals surface area contributed by atoms with Crippen LogP contribution >= 0.6 is 23.2 Å². The standard InChI is InChI=1S/C23H18Cl2N2O5/c1-29-19-8-12(9-20(30-2)21(19)31-3)23-27-17-11-14(5-7-18(17)32-23)26-22(28)15-10-13(24)4-6-16(15)25/h4-11H,1-3H3,(H,26,28). The predicted octanol–water partition coefficient (Wildman–Crippen LogP) is 6.08. The van der Waals surface area contributed by atoms with Crippen molar-refractivity contribution in [2.24, 2.45) is 0 Å². The number of hydrogen-bond acceptors (Lipinski definition) is 6. The maximum atomic E-state index is 12.6. The number of rotatable bonds is 6. The first kappa shape index (κ1) is 21.8. The molecule has 7 nitrogen and oxygen atoms in total. The van der Waals surface area contributed by atoms with E-state index in [0.717, 1.165) is 0 Å². The quantitative estimate of drug-likeness (QED) is 0.366. The number of nitrogens with one attached hydrogen (secondary N) is 1. The van der Waals surface area contributed by atoms with E-state index >= 15 is 0 Å². The maximum Gasteiger partial charge on any atom is 0.257 e. The Morgan fingerprint density at radius 2 is 1.66 bits per heavy atom. The average Bonchev–Trinajstić information content (AvgIpc) is 3.23. The lowest BCUT2D eigenvalue weighted by atomic mass is 10.2. The highest BCUT2D eigenvalue weighted by molar-refractivity contribution is 6.36. The lowest BCUT2D eigenvalue weighted by Gasteiger charge is -2.12. The van der Waals surface area contributed by atoms with Crippen LogP contribution in [0.1, 0.15) is 10.4 Å². The molecule has 1 aromatic heterocycles. The number of carbonyl (C=O) groups excluding carboxylic acids is 1. The van der Waals surface area contributed by atoms with Crippen LogP contribution in [0.25, 0.3) is 22.6 Å². The highest BCUT2D eigenvalue weighted by atomic mass is 35.5. The third-order valence-electron chi connectivity index (χ3n) is 4.73. The number of aromatic nitrogens is 1. The number of oxazole rings is 1. The van der Waals surface area contributed by atoms with Gasteiger partial charge >= 0.3 is 0 Å². The zero-order valence-corrected chi connectivity index (χ0v) is 18.9. The van der Waals surface area contributed by atoms with E-state index < -0.39 is 0 Å². The van der Waals surface area contributed by atoms with Crippen molar-refractivity contribution in [1.29, 1.82) is 0 Å². The number of halogens is 2. The number of amides is 1. The normalized spacial score (nSPS) is 10.8. The third kappa shape index (κ3) is 4.17. The topological polar surface area (TPSA) is 82.8 Å². The molecule has 1 heterocycles. The van der Waals surface area contributed by atoms with Gasteiger partial charge in [-0.3, -0.25) is 4.79 Å². The first-order chi connectivity index (χ1) is 15.4. The number of nitrogens with zero attached hydrogens (tertiary/aromatic N) is 1. The van der Waals surface area contributed by atoms with Crippen molar-refractivity contribution in [1.82, 2.24) is 4.98 Å². The van der Waals surface area contributed by atoms with Gasteiger partial charge in [-0.05, 0) is 48.5 Å². The lowest BCUT2D eigenvalue weighted by molar-refractivity contribution is 0.102. The monoisotopic (exact) mass is 472 g/mol. The number of carbonyl (C=O) groups is 1. The van der Waals surface area contributed by atoms with Gasteiger partial charge in [0.2, 0.25) is 11.6 Å². The van der Waals surface area contributed by atoms with Crippen molar-refractivity contribution in [2.45, 2.75) is 0 Å². The van der Waals surface area contributed by atoms with Crippen molar-refractivity contribution in [3.05, 3.63) is 64.1 Å². The van der Waals surface area contributed by atoms with Crippen LogP contribution in [-0.4, -0.2) is 32.2 Å². The number of hydrogen-bond donors (Lipinski definition) is 1. The predicted molar refractivity (Wildman–Crippen MR) is 124 cm³/mol. The number of ether oxygens (including phenoxy) is 3. The highest BCUT2D eigenvalue weighted by Crippen LogP contribution is 2.41. The third-order valence-corrected chi connectivity index (χ3v) is 5.29. The van der Waals surface area contributed by atoms with Gasteiger partial charge in [0.05, 0.1) is 31.9 Å². The fourth-order valence-electron chi connectivity index (χ4n) is 3.20. The summed E-state index contributed by atoms with van der Waals surface area (Å²) in [6.45, 7) is 0. The Morgan fingerprint density at radius 1 is 0.938 bits per heavy atom. The lowest BCUT2D eigenvalue weighted by Crippen LogP contribution is -2.12. The highest BCUT2D eigenvalue weighted by Gasteiger charge is 2.18. The minimum Gasteiger partial charge on any atom is -0.493 e. The molecule has 1 amide bonds. The van der Waals surface area contributed by atoms with E-state index in [2.05, 4.69) is 10.3 Å². The second-order valence-corrected chi connectivity index (χ2v) is 7.54. The van der Waals surface area contributed by atoms with Gasteiger partial charge in [0, 0.05) is 16.3 Å². The number of benzene rings is 3. The summed E-state index contributed by atoms with van der Waals surface area (Å²) in [6.07, 6.45) is 0. The Balaban J connectivity index is 1.67. The molecular formula is C23H18Cl2N2O5. The summed E-state index contributed by atoms with van der Waals surface area (Å²) in [5, 5.41) is 3.52. The average molecular weight is 473 g/mol. The largest absolute Gasteiger partial charge is 0.493 e. The minimum atomic E-state index is -0.384. The van der Waals surface area contributed by atoms with Crippen LogP contribution in [0.3, 0.4) is 0 Å². The zero-order valence-electron chi connectivity index (χ0n) is 17.4. The van der Waals surface area contributed by atoms with E-state index in [1.807, 2.05) is 0 Å². The van der Waals surface area contributed by atoms with Gasteiger partial charge in [-0.15, -0.1) is 0 Å². The summed E-state index contributed by atoms with van der Waals surface area (Å²) in [5.74, 6) is 1.41. The van der Waals surface area contributed by atoms with Crippen LogP contribution in [-0.2, 0) is 0 Å². The molecule has 32 heavy (non-hydrogen) atoms. The molecule has 0 bridgehead atoms. The van der Waals surface area contributed by atoms with Gasteiger partial charge in [0.1, 0.15) is 5.52 Å². The van der Waals surface area contributed by atoms with E-state index in [0.29, 0.717) is 55.5 Å². The van der Waals surface area contributed by atoms with Crippen LogP contribution in [0, 0.1) is 0 Å². The molecule has 3 aromatic carbocycles. The maximum absolute atomic E-state index is 12.6. The van der Waals surface area contributed by atoms with E-state index in [1.165, 1.54) is 27.4 Å². The van der Waals surface area contributed by atoms with E-state index in [1.54, 1.807) is 42.5 Å². The molecule has 164 valence electrons. The van der Waals surface area contributed by atoms with Crippen LogP contribution in [0.5, 0.6) is 17.2 Å². The Morgan fingerprint density at radius 3 is 2.31 bits per heavy atom. The number of fused-ring (bicyclic) bond motifs is 1. The van der Waals surface area contributed by atoms with Gasteiger partial charge in [0.15, 0.2) is 17.1 Å². The summed E-state index contributed by atoms with van der Waals surface area (Å²) >= 11 is 12.1.